The van der Waals surface area contributed by atoms with Crippen LogP contribution < -0.4 is 5.32 Å². The van der Waals surface area contributed by atoms with Gasteiger partial charge in [-0.05, 0) is 50.4 Å². The summed E-state index contributed by atoms with van der Waals surface area (Å²) in [5.41, 5.74) is 0.152. The van der Waals surface area contributed by atoms with Crippen molar-refractivity contribution in [3.63, 3.8) is 0 Å². The van der Waals surface area contributed by atoms with Gasteiger partial charge in [0.1, 0.15) is 5.82 Å². The SMILES string of the molecule is OC1(CCc2cccc(F)c2Cl)CCNCC1. The maximum absolute atomic E-state index is 13.2. The minimum absolute atomic E-state index is 0.185. The Hall–Kier alpha value is -0.640. The van der Waals surface area contributed by atoms with Gasteiger partial charge in [0.15, 0.2) is 0 Å². The first-order chi connectivity index (χ1) is 8.11. The lowest BCUT2D eigenvalue weighted by molar-refractivity contribution is 0.00281. The molecule has 0 atom stereocenters. The van der Waals surface area contributed by atoms with Crippen LogP contribution in [0.15, 0.2) is 18.2 Å². The molecule has 1 aliphatic rings. The van der Waals surface area contributed by atoms with Crippen molar-refractivity contribution in [3.8, 4) is 0 Å². The lowest BCUT2D eigenvalue weighted by atomic mass is 9.86. The van der Waals surface area contributed by atoms with Gasteiger partial charge in [-0.15, -0.1) is 0 Å². The average molecular weight is 258 g/mol. The zero-order valence-electron chi connectivity index (χ0n) is 9.68. The predicted molar refractivity (Wildman–Crippen MR) is 66.8 cm³/mol. The zero-order chi connectivity index (χ0) is 12.3. The Bertz CT molecular complexity index is 391. The van der Waals surface area contributed by atoms with E-state index < -0.39 is 5.60 Å². The van der Waals surface area contributed by atoms with Gasteiger partial charge in [-0.1, -0.05) is 23.7 Å². The fourth-order valence-electron chi connectivity index (χ4n) is 2.25. The van der Waals surface area contributed by atoms with Crippen molar-refractivity contribution in [2.24, 2.45) is 0 Å². The topological polar surface area (TPSA) is 32.3 Å². The number of halogens is 2. The van der Waals surface area contributed by atoms with Crippen molar-refractivity contribution in [1.82, 2.24) is 5.32 Å². The van der Waals surface area contributed by atoms with E-state index in [4.69, 9.17) is 11.6 Å². The number of rotatable bonds is 3. The van der Waals surface area contributed by atoms with Gasteiger partial charge in [0, 0.05) is 0 Å². The minimum atomic E-state index is -0.624. The van der Waals surface area contributed by atoms with E-state index in [9.17, 15) is 9.50 Å². The first kappa shape index (κ1) is 12.8. The molecule has 0 bridgehead atoms. The molecule has 4 heteroatoms. The highest BCUT2D eigenvalue weighted by Gasteiger charge is 2.28. The van der Waals surface area contributed by atoms with E-state index in [1.54, 1.807) is 6.07 Å². The smallest absolute Gasteiger partial charge is 0.142 e. The molecule has 0 aliphatic carbocycles. The van der Waals surface area contributed by atoms with E-state index in [0.29, 0.717) is 12.8 Å². The molecule has 17 heavy (non-hydrogen) atoms. The van der Waals surface area contributed by atoms with Gasteiger partial charge in [-0.2, -0.15) is 0 Å². The van der Waals surface area contributed by atoms with E-state index in [2.05, 4.69) is 5.32 Å². The van der Waals surface area contributed by atoms with E-state index >= 15 is 0 Å². The van der Waals surface area contributed by atoms with Gasteiger partial charge in [0.25, 0.3) is 0 Å². The Balaban J connectivity index is 1.99. The number of nitrogens with one attached hydrogen (secondary N) is 1. The fourth-order valence-corrected chi connectivity index (χ4v) is 2.47. The first-order valence-corrected chi connectivity index (χ1v) is 6.34. The van der Waals surface area contributed by atoms with Gasteiger partial charge in [-0.3, -0.25) is 0 Å². The lowest BCUT2D eigenvalue weighted by Gasteiger charge is -2.32. The number of hydrogen-bond donors (Lipinski definition) is 2. The number of aryl methyl sites for hydroxylation is 1. The molecule has 0 radical (unpaired) electrons. The Kier molecular flexibility index (Phi) is 4.02. The van der Waals surface area contributed by atoms with E-state index in [1.165, 1.54) is 6.07 Å². The molecule has 2 N–H and O–H groups in total. The maximum Gasteiger partial charge on any atom is 0.142 e. The van der Waals surface area contributed by atoms with Gasteiger partial charge in [0.2, 0.25) is 0 Å². The summed E-state index contributed by atoms with van der Waals surface area (Å²) in [6, 6.07) is 4.82. The first-order valence-electron chi connectivity index (χ1n) is 5.97. The number of piperidine rings is 1. The molecule has 0 spiro atoms. The third-order valence-electron chi connectivity index (χ3n) is 3.43. The minimum Gasteiger partial charge on any atom is -0.390 e. The fraction of sp³-hybridized carbons (Fsp3) is 0.538. The van der Waals surface area contributed by atoms with Crippen molar-refractivity contribution < 1.29 is 9.50 Å². The molecule has 1 fully saturated rings. The van der Waals surface area contributed by atoms with Gasteiger partial charge < -0.3 is 10.4 Å². The van der Waals surface area contributed by atoms with Crippen LogP contribution in [0, 0.1) is 5.82 Å². The molecule has 1 aromatic rings. The van der Waals surface area contributed by atoms with Crippen molar-refractivity contribution >= 4 is 11.6 Å². The van der Waals surface area contributed by atoms with Gasteiger partial charge >= 0.3 is 0 Å². The molecule has 0 saturated carbocycles. The second-order valence-electron chi connectivity index (χ2n) is 4.69. The molecule has 0 amide bonds. The summed E-state index contributed by atoms with van der Waals surface area (Å²) in [4.78, 5) is 0. The van der Waals surface area contributed by atoms with Gasteiger partial charge in [0.05, 0.1) is 10.6 Å². The largest absolute Gasteiger partial charge is 0.390 e. The van der Waals surface area contributed by atoms with Crippen molar-refractivity contribution in [1.29, 1.82) is 0 Å². The van der Waals surface area contributed by atoms with Crippen molar-refractivity contribution in [2.45, 2.75) is 31.3 Å². The van der Waals surface area contributed by atoms with Crippen LogP contribution in [0.3, 0.4) is 0 Å². The monoisotopic (exact) mass is 257 g/mol. The Morgan fingerprint density at radius 2 is 2.06 bits per heavy atom. The van der Waals surface area contributed by atoms with Crippen molar-refractivity contribution in [2.75, 3.05) is 13.1 Å². The van der Waals surface area contributed by atoms with Crippen LogP contribution in [0.5, 0.6) is 0 Å². The summed E-state index contributed by atoms with van der Waals surface area (Å²) < 4.78 is 13.2. The van der Waals surface area contributed by atoms with E-state index in [1.807, 2.05) is 6.07 Å². The van der Waals surface area contributed by atoms with Crippen LogP contribution in [0.1, 0.15) is 24.8 Å². The van der Waals surface area contributed by atoms with Crippen LogP contribution in [0.25, 0.3) is 0 Å². The highest BCUT2D eigenvalue weighted by molar-refractivity contribution is 6.31. The summed E-state index contributed by atoms with van der Waals surface area (Å²) in [5.74, 6) is -0.388. The second-order valence-corrected chi connectivity index (χ2v) is 5.07. The average Bonchev–Trinajstić information content (AvgIpc) is 2.32. The Labute approximate surface area is 106 Å². The summed E-state index contributed by atoms with van der Waals surface area (Å²) in [6.45, 7) is 1.68. The van der Waals surface area contributed by atoms with Crippen LogP contribution in [-0.2, 0) is 6.42 Å². The van der Waals surface area contributed by atoms with Crippen LogP contribution in [-0.4, -0.2) is 23.8 Å². The number of aliphatic hydroxyl groups is 1. The van der Waals surface area contributed by atoms with E-state index in [-0.39, 0.29) is 10.8 Å². The highest BCUT2D eigenvalue weighted by Crippen LogP contribution is 2.27. The lowest BCUT2D eigenvalue weighted by Crippen LogP contribution is -2.42. The molecular weight excluding hydrogens is 241 g/mol. The molecule has 94 valence electrons. The summed E-state index contributed by atoms with van der Waals surface area (Å²) in [5, 5.41) is 13.7. The van der Waals surface area contributed by atoms with Gasteiger partial charge in [-0.25, -0.2) is 4.39 Å². The molecule has 1 saturated heterocycles. The molecule has 0 aromatic heterocycles. The molecule has 1 aromatic carbocycles. The highest BCUT2D eigenvalue weighted by atomic mass is 35.5. The summed E-state index contributed by atoms with van der Waals surface area (Å²) in [6.07, 6.45) is 2.75. The summed E-state index contributed by atoms with van der Waals surface area (Å²) in [7, 11) is 0. The third kappa shape index (κ3) is 3.18. The Morgan fingerprint density at radius 1 is 1.35 bits per heavy atom. The normalized spacial score (nSPS) is 19.2. The van der Waals surface area contributed by atoms with E-state index in [0.717, 1.165) is 31.5 Å². The maximum atomic E-state index is 13.2. The van der Waals surface area contributed by atoms with Crippen LogP contribution in [0.2, 0.25) is 5.02 Å². The predicted octanol–water partition coefficient (Wildman–Crippen LogP) is 2.53. The zero-order valence-corrected chi connectivity index (χ0v) is 10.4. The van der Waals surface area contributed by atoms with Crippen LogP contribution >= 0.6 is 11.6 Å². The quantitative estimate of drug-likeness (QED) is 0.872. The second kappa shape index (κ2) is 5.34. The van der Waals surface area contributed by atoms with Crippen LogP contribution in [0.4, 0.5) is 4.39 Å². The third-order valence-corrected chi connectivity index (χ3v) is 3.85. The molecule has 1 aliphatic heterocycles. The molecular formula is C13H17ClFNO. The molecule has 1 heterocycles. The Morgan fingerprint density at radius 3 is 2.76 bits per heavy atom. The van der Waals surface area contributed by atoms with Crippen molar-refractivity contribution in [3.05, 3.63) is 34.6 Å². The summed E-state index contributed by atoms with van der Waals surface area (Å²) >= 11 is 5.89. The molecule has 0 unspecified atom stereocenters. The standard InChI is InChI=1S/C13H17ClFNO/c14-12-10(2-1-3-11(12)15)4-5-13(17)6-8-16-9-7-13/h1-3,16-17H,4-9H2. The number of hydrogen-bond acceptors (Lipinski definition) is 2. The number of benzene rings is 1. The molecule has 2 nitrogen and oxygen atoms in total. The molecule has 2 rings (SSSR count).